The van der Waals surface area contributed by atoms with Crippen LogP contribution in [0.4, 0.5) is 0 Å². The number of ketones is 1. The van der Waals surface area contributed by atoms with Crippen LogP contribution >= 0.6 is 0 Å². The molecule has 0 aliphatic carbocycles. The molecule has 0 bridgehead atoms. The van der Waals surface area contributed by atoms with Crippen molar-refractivity contribution in [3.63, 3.8) is 0 Å². The van der Waals surface area contributed by atoms with Crippen molar-refractivity contribution in [2.24, 2.45) is 5.92 Å². The lowest BCUT2D eigenvalue weighted by molar-refractivity contribution is -0.135. The van der Waals surface area contributed by atoms with Crippen molar-refractivity contribution in [1.82, 2.24) is 5.32 Å². The summed E-state index contributed by atoms with van der Waals surface area (Å²) in [6, 6.07) is 1.01. The number of nitrogens with zero attached hydrogens (tertiary/aromatic N) is 3. The average Bonchev–Trinajstić information content (AvgIpc) is 2.45. The zero-order valence-electron chi connectivity index (χ0n) is 6.89. The first-order valence-electron chi connectivity index (χ1n) is 3.66. The first-order chi connectivity index (χ1) is 6.65. The first-order valence-corrected chi connectivity index (χ1v) is 3.66. The van der Waals surface area contributed by atoms with Gasteiger partial charge in [0.25, 0.3) is 5.91 Å². The number of nitriles is 2. The van der Waals surface area contributed by atoms with Crippen LogP contribution in [0.3, 0.4) is 0 Å². The van der Waals surface area contributed by atoms with E-state index in [1.54, 1.807) is 12.1 Å². The molecule has 1 N–H and O–H groups in total. The Hall–Kier alpha value is -2.39. The molecule has 2 unspecified atom stereocenters. The first kappa shape index (κ1) is 9.70. The summed E-state index contributed by atoms with van der Waals surface area (Å²) >= 11 is 0. The van der Waals surface area contributed by atoms with Crippen LogP contribution in [-0.2, 0) is 9.59 Å². The summed E-state index contributed by atoms with van der Waals surface area (Å²) in [4.78, 5) is 24.8. The van der Waals surface area contributed by atoms with Gasteiger partial charge in [0.1, 0.15) is 6.04 Å². The molecule has 0 aromatic heterocycles. The van der Waals surface area contributed by atoms with Crippen LogP contribution in [0.2, 0.25) is 0 Å². The SMILES string of the molecule is [C-]#[N+]C1C(=O)C(=O)NC1C(C#N)C#N. The third-order valence-corrected chi connectivity index (χ3v) is 1.91. The summed E-state index contributed by atoms with van der Waals surface area (Å²) in [6.45, 7) is 6.69. The normalized spacial score (nSPS) is 25.0. The summed E-state index contributed by atoms with van der Waals surface area (Å²) in [5.74, 6) is -2.93. The van der Waals surface area contributed by atoms with Crippen molar-refractivity contribution in [2.45, 2.75) is 12.1 Å². The smallest absolute Gasteiger partial charge is 0.312 e. The molecule has 0 aromatic rings. The van der Waals surface area contributed by atoms with Crippen LogP contribution in [0.5, 0.6) is 0 Å². The molecular formula is C8H4N4O2. The van der Waals surface area contributed by atoms with Gasteiger partial charge in [-0.1, -0.05) is 0 Å². The number of Topliss-reactive ketones (excluding diaryl/α,β-unsaturated/α-hetero) is 1. The predicted molar refractivity (Wildman–Crippen MR) is 42.0 cm³/mol. The van der Waals surface area contributed by atoms with Crippen molar-refractivity contribution in [1.29, 1.82) is 10.5 Å². The van der Waals surface area contributed by atoms with Gasteiger partial charge < -0.3 is 10.2 Å². The fourth-order valence-corrected chi connectivity index (χ4v) is 1.19. The van der Waals surface area contributed by atoms with E-state index in [0.717, 1.165) is 0 Å². The van der Waals surface area contributed by atoms with Gasteiger partial charge in [-0.2, -0.15) is 10.5 Å². The van der Waals surface area contributed by atoms with Gasteiger partial charge in [-0.3, -0.25) is 9.59 Å². The maximum absolute atomic E-state index is 11.0. The molecule has 1 saturated heterocycles. The predicted octanol–water partition coefficient (Wildman–Crippen LogP) is -0.995. The molecule has 1 amide bonds. The standard InChI is InChI=1S/C8H4N4O2/c1-11-6-5(4(2-9)3-10)12-8(14)7(6)13/h4-6H,(H,12,14). The highest BCUT2D eigenvalue weighted by Crippen LogP contribution is 2.16. The van der Waals surface area contributed by atoms with Crippen molar-refractivity contribution < 1.29 is 9.59 Å². The second-order valence-corrected chi connectivity index (χ2v) is 2.67. The molecule has 0 aromatic carbocycles. The summed E-state index contributed by atoms with van der Waals surface area (Å²) < 4.78 is 0. The number of rotatable bonds is 1. The molecule has 1 aliphatic heterocycles. The Morgan fingerprint density at radius 2 is 2.00 bits per heavy atom. The van der Waals surface area contributed by atoms with E-state index in [0.29, 0.717) is 0 Å². The third-order valence-electron chi connectivity index (χ3n) is 1.91. The number of hydrogen-bond donors (Lipinski definition) is 1. The van der Waals surface area contributed by atoms with Gasteiger partial charge in [-0.05, 0) is 0 Å². The molecule has 1 fully saturated rings. The minimum absolute atomic E-state index is 0.875. The lowest BCUT2D eigenvalue weighted by atomic mass is 9.97. The highest BCUT2D eigenvalue weighted by molar-refractivity contribution is 6.41. The fourth-order valence-electron chi connectivity index (χ4n) is 1.19. The van der Waals surface area contributed by atoms with Crippen molar-refractivity contribution in [3.05, 3.63) is 11.4 Å². The molecule has 6 heteroatoms. The Labute approximate surface area is 79.5 Å². The molecule has 1 rings (SSSR count). The minimum Gasteiger partial charge on any atom is -0.336 e. The number of amides is 1. The van der Waals surface area contributed by atoms with E-state index in [2.05, 4.69) is 10.2 Å². The summed E-state index contributed by atoms with van der Waals surface area (Å²) in [7, 11) is 0. The largest absolute Gasteiger partial charge is 0.336 e. The zero-order valence-corrected chi connectivity index (χ0v) is 6.89. The number of hydrogen-bond acceptors (Lipinski definition) is 4. The Balaban J connectivity index is 3.00. The van der Waals surface area contributed by atoms with Gasteiger partial charge in [-0.25, -0.2) is 6.57 Å². The highest BCUT2D eigenvalue weighted by atomic mass is 16.2. The van der Waals surface area contributed by atoms with Crippen LogP contribution in [0.15, 0.2) is 0 Å². The second kappa shape index (κ2) is 3.55. The maximum Gasteiger partial charge on any atom is 0.312 e. The molecule has 2 atom stereocenters. The van der Waals surface area contributed by atoms with Gasteiger partial charge in [0.05, 0.1) is 12.1 Å². The average molecular weight is 188 g/mol. The molecule has 14 heavy (non-hydrogen) atoms. The van der Waals surface area contributed by atoms with Gasteiger partial charge in [0.2, 0.25) is 0 Å². The summed E-state index contributed by atoms with van der Waals surface area (Å²) in [5.41, 5.74) is 0. The fraction of sp³-hybridized carbons (Fsp3) is 0.375. The Kier molecular flexibility index (Phi) is 2.46. The number of nitrogens with one attached hydrogen (secondary N) is 1. The van der Waals surface area contributed by atoms with Crippen molar-refractivity contribution in [3.8, 4) is 12.1 Å². The highest BCUT2D eigenvalue weighted by Gasteiger charge is 2.50. The topological polar surface area (TPSA) is 98.1 Å². The lowest BCUT2D eigenvalue weighted by Gasteiger charge is -2.07. The van der Waals surface area contributed by atoms with E-state index in [1.165, 1.54) is 0 Å². The quantitative estimate of drug-likeness (QED) is 0.421. The molecule has 1 aliphatic rings. The van der Waals surface area contributed by atoms with E-state index in [1.807, 2.05) is 0 Å². The lowest BCUT2D eigenvalue weighted by Crippen LogP contribution is -2.36. The summed E-state index contributed by atoms with van der Waals surface area (Å²) in [6.07, 6.45) is 0. The zero-order chi connectivity index (χ0) is 10.7. The van der Waals surface area contributed by atoms with Crippen LogP contribution in [-0.4, -0.2) is 23.8 Å². The molecule has 0 radical (unpaired) electrons. The van der Waals surface area contributed by atoms with Gasteiger partial charge in [0.15, 0.2) is 5.92 Å². The van der Waals surface area contributed by atoms with Crippen LogP contribution in [0.25, 0.3) is 4.85 Å². The second-order valence-electron chi connectivity index (χ2n) is 2.67. The molecule has 6 nitrogen and oxygen atoms in total. The summed E-state index contributed by atoms with van der Waals surface area (Å²) in [5, 5.41) is 19.2. The molecule has 0 saturated carbocycles. The van der Waals surface area contributed by atoms with Gasteiger partial charge >= 0.3 is 11.8 Å². The molecule has 0 spiro atoms. The van der Waals surface area contributed by atoms with Crippen LogP contribution in [0, 0.1) is 35.2 Å². The van der Waals surface area contributed by atoms with Gasteiger partial charge in [0, 0.05) is 0 Å². The molecular weight excluding hydrogens is 184 g/mol. The maximum atomic E-state index is 11.0. The number of carbonyl (C=O) groups excluding carboxylic acids is 2. The minimum atomic E-state index is -1.24. The van der Waals surface area contributed by atoms with Crippen LogP contribution < -0.4 is 5.32 Å². The van der Waals surface area contributed by atoms with Crippen molar-refractivity contribution in [2.75, 3.05) is 0 Å². The Bertz CT molecular complexity index is 395. The van der Waals surface area contributed by atoms with E-state index in [-0.39, 0.29) is 0 Å². The van der Waals surface area contributed by atoms with E-state index in [4.69, 9.17) is 17.1 Å². The molecule has 68 valence electrons. The van der Waals surface area contributed by atoms with Gasteiger partial charge in [-0.15, -0.1) is 0 Å². The van der Waals surface area contributed by atoms with E-state index >= 15 is 0 Å². The Morgan fingerprint density at radius 3 is 2.43 bits per heavy atom. The molecule has 1 heterocycles. The Morgan fingerprint density at radius 1 is 1.43 bits per heavy atom. The van der Waals surface area contributed by atoms with E-state index in [9.17, 15) is 9.59 Å². The van der Waals surface area contributed by atoms with E-state index < -0.39 is 29.7 Å². The third kappa shape index (κ3) is 1.28. The number of carbonyl (C=O) groups is 2. The van der Waals surface area contributed by atoms with Crippen LogP contribution in [0.1, 0.15) is 0 Å². The monoisotopic (exact) mass is 188 g/mol. The van der Waals surface area contributed by atoms with Crippen molar-refractivity contribution >= 4 is 11.7 Å².